The van der Waals surface area contributed by atoms with Crippen molar-refractivity contribution >= 4 is 21.5 Å². The largest absolute Gasteiger partial charge is 0.255 e. The van der Waals surface area contributed by atoms with Crippen molar-refractivity contribution in [3.63, 3.8) is 0 Å². The summed E-state index contributed by atoms with van der Waals surface area (Å²) in [4.78, 5) is 9.16. The van der Waals surface area contributed by atoms with Gasteiger partial charge in [-0.05, 0) is 124 Å². The molecular weight excluding hydrogens is 508 g/mol. The monoisotopic (exact) mass is 540 g/mol. The van der Waals surface area contributed by atoms with Crippen LogP contribution in [0.3, 0.4) is 0 Å². The maximum absolute atomic E-state index is 4.72. The molecule has 0 amide bonds. The molecular formula is C40H32N2. The van der Waals surface area contributed by atoms with Crippen molar-refractivity contribution in [1.29, 1.82) is 0 Å². The first kappa shape index (κ1) is 25.9. The fourth-order valence-electron chi connectivity index (χ4n) is 6.32. The van der Waals surface area contributed by atoms with Crippen LogP contribution in [0.25, 0.3) is 66.3 Å². The van der Waals surface area contributed by atoms with E-state index in [-0.39, 0.29) is 0 Å². The van der Waals surface area contributed by atoms with Crippen LogP contribution in [0.4, 0.5) is 0 Å². The molecule has 0 unspecified atom stereocenters. The molecule has 0 radical (unpaired) electrons. The van der Waals surface area contributed by atoms with Crippen LogP contribution < -0.4 is 0 Å². The van der Waals surface area contributed by atoms with E-state index in [0.29, 0.717) is 0 Å². The van der Waals surface area contributed by atoms with Gasteiger partial charge in [-0.15, -0.1) is 0 Å². The van der Waals surface area contributed by atoms with Crippen LogP contribution in [-0.4, -0.2) is 9.97 Å². The van der Waals surface area contributed by atoms with Crippen molar-refractivity contribution in [2.75, 3.05) is 0 Å². The first-order chi connectivity index (χ1) is 20.5. The second kappa shape index (κ2) is 10.4. The van der Waals surface area contributed by atoms with Gasteiger partial charge in [0.15, 0.2) is 0 Å². The molecule has 7 rings (SSSR count). The lowest BCUT2D eigenvalue weighted by atomic mass is 9.85. The summed E-state index contributed by atoms with van der Waals surface area (Å²) in [5.74, 6) is 0. The van der Waals surface area contributed by atoms with Crippen LogP contribution in [0.5, 0.6) is 0 Å². The highest BCUT2D eigenvalue weighted by Gasteiger charge is 2.16. The third-order valence-electron chi connectivity index (χ3n) is 8.48. The number of fused-ring (bicyclic) bond motifs is 2. The topological polar surface area (TPSA) is 25.8 Å². The molecule has 42 heavy (non-hydrogen) atoms. The summed E-state index contributed by atoms with van der Waals surface area (Å²) in [5.41, 5.74) is 14.4. The number of hydrogen-bond acceptors (Lipinski definition) is 2. The highest BCUT2D eigenvalue weighted by atomic mass is 14.8. The summed E-state index contributed by atoms with van der Waals surface area (Å²) in [7, 11) is 0. The van der Waals surface area contributed by atoms with Crippen LogP contribution in [-0.2, 0) is 0 Å². The van der Waals surface area contributed by atoms with E-state index in [4.69, 9.17) is 4.98 Å². The van der Waals surface area contributed by atoms with Crippen LogP contribution in [0, 0.1) is 27.7 Å². The summed E-state index contributed by atoms with van der Waals surface area (Å²) in [6.45, 7) is 8.91. The first-order valence-electron chi connectivity index (χ1n) is 14.5. The van der Waals surface area contributed by atoms with E-state index in [0.717, 1.165) is 17.0 Å². The molecule has 2 heterocycles. The van der Waals surface area contributed by atoms with Gasteiger partial charge >= 0.3 is 0 Å². The molecule has 0 N–H and O–H groups in total. The predicted molar refractivity (Wildman–Crippen MR) is 178 cm³/mol. The lowest BCUT2D eigenvalue weighted by molar-refractivity contribution is 1.24. The predicted octanol–water partition coefficient (Wildman–Crippen LogP) is 10.7. The van der Waals surface area contributed by atoms with E-state index in [9.17, 15) is 0 Å². The van der Waals surface area contributed by atoms with Gasteiger partial charge in [0, 0.05) is 18.0 Å². The number of aryl methyl sites for hydroxylation is 4. The van der Waals surface area contributed by atoms with Crippen molar-refractivity contribution in [3.05, 3.63) is 144 Å². The number of pyridine rings is 2. The summed E-state index contributed by atoms with van der Waals surface area (Å²) >= 11 is 0. The molecule has 0 saturated heterocycles. The van der Waals surface area contributed by atoms with E-state index in [1.54, 1.807) is 6.20 Å². The van der Waals surface area contributed by atoms with E-state index < -0.39 is 0 Å². The zero-order chi connectivity index (χ0) is 28.8. The Bertz CT molecular complexity index is 2050. The number of aromatic nitrogens is 2. The van der Waals surface area contributed by atoms with E-state index in [1.165, 1.54) is 71.6 Å². The Hall–Kier alpha value is -5.08. The van der Waals surface area contributed by atoms with Crippen LogP contribution in [0.1, 0.15) is 22.3 Å². The minimum Gasteiger partial charge on any atom is -0.255 e. The van der Waals surface area contributed by atoms with Gasteiger partial charge in [-0.1, -0.05) is 84.9 Å². The van der Waals surface area contributed by atoms with Crippen LogP contribution in [0.2, 0.25) is 0 Å². The van der Waals surface area contributed by atoms with E-state index >= 15 is 0 Å². The number of nitrogens with zero attached hydrogens (tertiary/aromatic N) is 2. The Balaban J connectivity index is 1.31. The molecule has 7 aromatic rings. The molecule has 202 valence electrons. The minimum absolute atomic E-state index is 0.885. The van der Waals surface area contributed by atoms with Gasteiger partial charge in [0.25, 0.3) is 0 Å². The van der Waals surface area contributed by atoms with Crippen molar-refractivity contribution in [2.24, 2.45) is 0 Å². The molecule has 0 aliphatic rings. The van der Waals surface area contributed by atoms with Crippen LogP contribution >= 0.6 is 0 Å². The van der Waals surface area contributed by atoms with Gasteiger partial charge in [0.2, 0.25) is 0 Å². The molecule has 0 fully saturated rings. The lowest BCUT2D eigenvalue weighted by Crippen LogP contribution is -1.96. The molecule has 0 saturated carbocycles. The average molecular weight is 541 g/mol. The third-order valence-corrected chi connectivity index (χ3v) is 8.48. The molecule has 0 aliphatic heterocycles. The minimum atomic E-state index is 0.885. The number of benzene rings is 5. The molecule has 0 bridgehead atoms. The Morgan fingerprint density at radius 1 is 0.429 bits per heavy atom. The normalized spacial score (nSPS) is 11.3. The molecule has 2 nitrogen and oxygen atoms in total. The van der Waals surface area contributed by atoms with Crippen molar-refractivity contribution in [2.45, 2.75) is 27.7 Å². The average Bonchev–Trinajstić information content (AvgIpc) is 3.02. The number of rotatable bonds is 4. The standard InChI is InChI=1S/C40H32N2/c1-25-20-35(26(2)19-34(25)31-16-17-39(42-24-31)38-15-9-10-18-41-38)36-21-28(4)37(22-27(36)3)40-32-13-7-5-11-29(32)23-30-12-6-8-14-33(30)40/h5-24H,1-4H3. The Morgan fingerprint density at radius 2 is 0.952 bits per heavy atom. The molecule has 5 aromatic carbocycles. The highest BCUT2D eigenvalue weighted by Crippen LogP contribution is 2.41. The second-order valence-corrected chi connectivity index (χ2v) is 11.3. The zero-order valence-corrected chi connectivity index (χ0v) is 24.4. The Morgan fingerprint density at radius 3 is 1.55 bits per heavy atom. The van der Waals surface area contributed by atoms with E-state index in [2.05, 4.69) is 124 Å². The summed E-state index contributed by atoms with van der Waals surface area (Å²) in [6, 6.07) is 39.3. The first-order valence-corrected chi connectivity index (χ1v) is 14.5. The SMILES string of the molecule is Cc1cc(-c2cc(C)c(-c3c4ccccc4cc4ccccc34)cc2C)c(C)cc1-c1ccc(-c2ccccn2)nc1. The maximum atomic E-state index is 4.72. The maximum Gasteiger partial charge on any atom is 0.0886 e. The quantitative estimate of drug-likeness (QED) is 0.208. The number of hydrogen-bond donors (Lipinski definition) is 0. The highest BCUT2D eigenvalue weighted by molar-refractivity contribution is 6.13. The van der Waals surface area contributed by atoms with E-state index in [1.807, 2.05) is 24.4 Å². The fraction of sp³-hybridized carbons (Fsp3) is 0.100. The zero-order valence-electron chi connectivity index (χ0n) is 24.4. The van der Waals surface area contributed by atoms with Crippen LogP contribution in [0.15, 0.2) is 122 Å². The Labute approximate surface area is 247 Å². The van der Waals surface area contributed by atoms with Gasteiger partial charge in [0.05, 0.1) is 11.4 Å². The second-order valence-electron chi connectivity index (χ2n) is 11.3. The van der Waals surface area contributed by atoms with Crippen molar-refractivity contribution in [3.8, 4) is 44.8 Å². The summed E-state index contributed by atoms with van der Waals surface area (Å²) in [5, 5.41) is 5.14. The Kier molecular flexibility index (Phi) is 6.40. The third kappa shape index (κ3) is 4.46. The smallest absolute Gasteiger partial charge is 0.0886 e. The van der Waals surface area contributed by atoms with Crippen molar-refractivity contribution < 1.29 is 0 Å². The molecule has 2 aromatic heterocycles. The molecule has 2 heteroatoms. The van der Waals surface area contributed by atoms with Gasteiger partial charge in [-0.2, -0.15) is 0 Å². The molecule has 0 atom stereocenters. The lowest BCUT2D eigenvalue weighted by Gasteiger charge is -2.19. The van der Waals surface area contributed by atoms with Gasteiger partial charge in [-0.25, -0.2) is 0 Å². The van der Waals surface area contributed by atoms with Crippen molar-refractivity contribution in [1.82, 2.24) is 9.97 Å². The molecule has 0 aliphatic carbocycles. The summed E-state index contributed by atoms with van der Waals surface area (Å²) in [6.07, 6.45) is 3.77. The van der Waals surface area contributed by atoms with Gasteiger partial charge < -0.3 is 0 Å². The van der Waals surface area contributed by atoms with Gasteiger partial charge in [-0.3, -0.25) is 9.97 Å². The fourth-order valence-corrected chi connectivity index (χ4v) is 6.32. The van der Waals surface area contributed by atoms with Gasteiger partial charge in [0.1, 0.15) is 0 Å². The molecule has 0 spiro atoms. The summed E-state index contributed by atoms with van der Waals surface area (Å²) < 4.78 is 0.